The lowest BCUT2D eigenvalue weighted by Crippen LogP contribution is -2.42. The van der Waals surface area contributed by atoms with Gasteiger partial charge in [-0.05, 0) is 12.5 Å². The minimum Gasteiger partial charge on any atom is -0.417 e. The van der Waals surface area contributed by atoms with Crippen molar-refractivity contribution in [2.75, 3.05) is 27.0 Å². The highest BCUT2D eigenvalue weighted by molar-refractivity contribution is 6.53. The summed E-state index contributed by atoms with van der Waals surface area (Å²) in [6, 6.07) is 0.547. The first-order valence-electron chi connectivity index (χ1n) is 4.68. The Morgan fingerprint density at radius 1 is 1.53 bits per heavy atom. The van der Waals surface area contributed by atoms with E-state index in [0.717, 1.165) is 0 Å². The van der Waals surface area contributed by atoms with Crippen molar-refractivity contribution in [3.63, 3.8) is 0 Å². The molecule has 1 heterocycles. The maximum atomic E-state index is 13.0. The van der Waals surface area contributed by atoms with E-state index in [2.05, 4.69) is 4.74 Å². The molecular weight excluding hydrogens is 229 g/mol. The van der Waals surface area contributed by atoms with E-state index in [-0.39, 0.29) is 6.61 Å². The fourth-order valence-corrected chi connectivity index (χ4v) is 3.12. The second-order valence-corrected chi connectivity index (χ2v) is 5.71. The maximum absolute atomic E-state index is 13.0. The van der Waals surface area contributed by atoms with E-state index in [4.69, 9.17) is 9.16 Å². The molecule has 1 aliphatic heterocycles. The van der Waals surface area contributed by atoms with Gasteiger partial charge in [-0.15, -0.1) is 0 Å². The molecular formula is C8H14F3O3Si. The largest absolute Gasteiger partial charge is 0.417 e. The Labute approximate surface area is 88.2 Å². The van der Waals surface area contributed by atoms with Crippen molar-refractivity contribution in [1.29, 1.82) is 0 Å². The number of halogens is 3. The monoisotopic (exact) mass is 243 g/mol. The minimum absolute atomic E-state index is 0.232. The molecule has 15 heavy (non-hydrogen) atoms. The van der Waals surface area contributed by atoms with Gasteiger partial charge < -0.3 is 13.9 Å². The summed E-state index contributed by atoms with van der Waals surface area (Å²) in [7, 11) is -0.286. The van der Waals surface area contributed by atoms with Crippen molar-refractivity contribution in [2.45, 2.75) is 24.3 Å². The number of hydrogen-bond acceptors (Lipinski definition) is 3. The summed E-state index contributed by atoms with van der Waals surface area (Å²) in [6.07, 6.45) is -2.83. The van der Waals surface area contributed by atoms with E-state index >= 15 is 0 Å². The molecule has 0 amide bonds. The SMILES string of the molecule is CO[Si]1CCCOCC(F)(F)OC1CF. The van der Waals surface area contributed by atoms with Crippen LogP contribution in [0.25, 0.3) is 0 Å². The Balaban J connectivity index is 2.66. The van der Waals surface area contributed by atoms with Crippen LogP contribution >= 0.6 is 0 Å². The van der Waals surface area contributed by atoms with Gasteiger partial charge in [0.15, 0.2) is 0 Å². The zero-order chi connectivity index (χ0) is 11.3. The lowest BCUT2D eigenvalue weighted by molar-refractivity contribution is -0.274. The van der Waals surface area contributed by atoms with Gasteiger partial charge in [-0.1, -0.05) is 0 Å². The summed E-state index contributed by atoms with van der Waals surface area (Å²) in [4.78, 5) is 0. The molecule has 0 N–H and O–H groups in total. The first-order valence-corrected chi connectivity index (χ1v) is 6.37. The first-order chi connectivity index (χ1) is 7.09. The lowest BCUT2D eigenvalue weighted by atomic mass is 10.5. The molecule has 0 bridgehead atoms. The number of rotatable bonds is 2. The maximum Gasteiger partial charge on any atom is 0.379 e. The average Bonchev–Trinajstić information content (AvgIpc) is 2.26. The third kappa shape index (κ3) is 4.10. The van der Waals surface area contributed by atoms with Gasteiger partial charge in [0.25, 0.3) is 0 Å². The second kappa shape index (κ2) is 5.83. The van der Waals surface area contributed by atoms with E-state index in [9.17, 15) is 13.2 Å². The molecule has 1 saturated heterocycles. The molecule has 0 aliphatic carbocycles. The van der Waals surface area contributed by atoms with Gasteiger partial charge in [0, 0.05) is 13.7 Å². The van der Waals surface area contributed by atoms with Crippen molar-refractivity contribution in [3.05, 3.63) is 0 Å². The quantitative estimate of drug-likeness (QED) is 0.688. The summed E-state index contributed by atoms with van der Waals surface area (Å²) in [5, 5.41) is 0. The Kier molecular flexibility index (Phi) is 5.04. The first kappa shape index (κ1) is 13.0. The summed E-state index contributed by atoms with van der Waals surface area (Å²) in [5.74, 6) is 0. The Bertz CT molecular complexity index is 194. The second-order valence-electron chi connectivity index (χ2n) is 3.22. The Hall–Kier alpha value is -0.113. The van der Waals surface area contributed by atoms with E-state index in [1.807, 2.05) is 0 Å². The zero-order valence-corrected chi connectivity index (χ0v) is 9.47. The topological polar surface area (TPSA) is 27.7 Å². The van der Waals surface area contributed by atoms with Crippen LogP contribution in [0.1, 0.15) is 6.42 Å². The molecule has 1 radical (unpaired) electrons. The van der Waals surface area contributed by atoms with E-state index in [0.29, 0.717) is 12.5 Å². The normalized spacial score (nSPS) is 29.2. The zero-order valence-electron chi connectivity index (χ0n) is 8.47. The third-order valence-corrected chi connectivity index (χ3v) is 4.42. The predicted molar refractivity (Wildman–Crippen MR) is 48.8 cm³/mol. The van der Waals surface area contributed by atoms with Crippen LogP contribution in [0.4, 0.5) is 13.2 Å². The van der Waals surface area contributed by atoms with Gasteiger partial charge >= 0.3 is 6.11 Å². The number of ether oxygens (including phenoxy) is 2. The fourth-order valence-electron chi connectivity index (χ4n) is 1.36. The molecule has 0 saturated carbocycles. The molecule has 0 aromatic carbocycles. The Morgan fingerprint density at radius 3 is 2.87 bits per heavy atom. The molecule has 1 fully saturated rings. The highest BCUT2D eigenvalue weighted by atomic mass is 28.3. The van der Waals surface area contributed by atoms with Gasteiger partial charge in [0.2, 0.25) is 9.04 Å². The van der Waals surface area contributed by atoms with Crippen molar-refractivity contribution in [1.82, 2.24) is 0 Å². The van der Waals surface area contributed by atoms with Crippen LogP contribution < -0.4 is 0 Å². The summed E-state index contributed by atoms with van der Waals surface area (Å²) < 4.78 is 52.7. The molecule has 3 nitrogen and oxygen atoms in total. The van der Waals surface area contributed by atoms with Gasteiger partial charge in [0.05, 0.1) is 0 Å². The van der Waals surface area contributed by atoms with Crippen LogP contribution in [0, 0.1) is 0 Å². The number of alkyl halides is 3. The molecule has 1 rings (SSSR count). The van der Waals surface area contributed by atoms with Crippen LogP contribution in [-0.2, 0) is 13.9 Å². The van der Waals surface area contributed by atoms with E-state index in [1.165, 1.54) is 7.11 Å². The smallest absolute Gasteiger partial charge is 0.379 e. The van der Waals surface area contributed by atoms with Crippen LogP contribution in [0.2, 0.25) is 6.04 Å². The van der Waals surface area contributed by atoms with E-state index < -0.39 is 34.2 Å². The molecule has 7 heteroatoms. The van der Waals surface area contributed by atoms with Gasteiger partial charge in [0.1, 0.15) is 19.0 Å². The van der Waals surface area contributed by atoms with Crippen molar-refractivity contribution >= 4 is 9.04 Å². The number of hydrogen-bond donors (Lipinski definition) is 0. The highest BCUT2D eigenvalue weighted by Gasteiger charge is 2.39. The Morgan fingerprint density at radius 2 is 2.27 bits per heavy atom. The highest BCUT2D eigenvalue weighted by Crippen LogP contribution is 2.23. The van der Waals surface area contributed by atoms with Gasteiger partial charge in [-0.3, -0.25) is 0 Å². The molecule has 1 aliphatic rings. The lowest BCUT2D eigenvalue weighted by Gasteiger charge is -2.24. The molecule has 0 aromatic rings. The molecule has 0 aromatic heterocycles. The van der Waals surface area contributed by atoms with Crippen molar-refractivity contribution in [3.8, 4) is 0 Å². The van der Waals surface area contributed by atoms with Crippen molar-refractivity contribution < 1.29 is 27.1 Å². The van der Waals surface area contributed by atoms with Crippen LogP contribution in [0.3, 0.4) is 0 Å². The molecule has 1 atom stereocenters. The van der Waals surface area contributed by atoms with Crippen LogP contribution in [-0.4, -0.2) is 47.9 Å². The minimum atomic E-state index is -3.42. The fraction of sp³-hybridized carbons (Fsp3) is 1.00. The third-order valence-electron chi connectivity index (χ3n) is 2.06. The summed E-state index contributed by atoms with van der Waals surface area (Å²) >= 11 is 0. The molecule has 1 unspecified atom stereocenters. The van der Waals surface area contributed by atoms with Crippen LogP contribution in [0.5, 0.6) is 0 Å². The average molecular weight is 243 g/mol. The van der Waals surface area contributed by atoms with Crippen molar-refractivity contribution in [2.24, 2.45) is 0 Å². The molecule has 0 spiro atoms. The van der Waals surface area contributed by atoms with Crippen LogP contribution in [0.15, 0.2) is 0 Å². The van der Waals surface area contributed by atoms with Gasteiger partial charge in [-0.2, -0.15) is 8.78 Å². The molecule has 89 valence electrons. The summed E-state index contributed by atoms with van der Waals surface area (Å²) in [5.41, 5.74) is -1.13. The standard InChI is InChI=1S/C8H14F3O3Si/c1-12-15-4-2-3-13-6-8(10,11)14-7(15)5-9/h7H,2-6H2,1H3. The van der Waals surface area contributed by atoms with E-state index in [1.54, 1.807) is 0 Å². The predicted octanol–water partition coefficient (Wildman–Crippen LogP) is 1.53. The van der Waals surface area contributed by atoms with Gasteiger partial charge in [-0.25, -0.2) is 4.39 Å². The summed E-state index contributed by atoms with van der Waals surface area (Å²) in [6.45, 7) is -1.53.